The molecule has 0 N–H and O–H groups in total. The highest BCUT2D eigenvalue weighted by atomic mass is 35.5. The van der Waals surface area contributed by atoms with Gasteiger partial charge in [-0.15, -0.1) is 0 Å². The summed E-state index contributed by atoms with van der Waals surface area (Å²) >= 11 is 5.91. The van der Waals surface area contributed by atoms with Gasteiger partial charge in [-0.2, -0.15) is 0 Å². The van der Waals surface area contributed by atoms with Crippen LogP contribution < -0.4 is 4.90 Å². The van der Waals surface area contributed by atoms with Crippen LogP contribution in [0.25, 0.3) is 0 Å². The van der Waals surface area contributed by atoms with Crippen molar-refractivity contribution >= 4 is 17.3 Å². The highest BCUT2D eigenvalue weighted by Gasteiger charge is 2.10. The topological polar surface area (TPSA) is 16.1 Å². The molecule has 1 heterocycles. The molecule has 2 nitrogen and oxygen atoms in total. The minimum absolute atomic E-state index is 0.570. The molecule has 1 aromatic rings. The average molecular weight is 241 g/mol. The molecule has 90 valence electrons. The normalized spacial score (nSPS) is 10.8. The van der Waals surface area contributed by atoms with Crippen LogP contribution in [-0.4, -0.2) is 18.1 Å². The Morgan fingerprint density at radius 3 is 2.50 bits per heavy atom. The number of pyridine rings is 1. The summed E-state index contributed by atoms with van der Waals surface area (Å²) < 4.78 is 0. The molecule has 0 aliphatic heterocycles. The zero-order valence-corrected chi connectivity index (χ0v) is 11.2. The molecule has 0 spiro atoms. The summed E-state index contributed by atoms with van der Waals surface area (Å²) in [6, 6.07) is 3.96. The van der Waals surface area contributed by atoms with Gasteiger partial charge in [-0.05, 0) is 25.0 Å². The summed E-state index contributed by atoms with van der Waals surface area (Å²) in [7, 11) is 0. The molecular formula is C13H21ClN2. The Balaban J connectivity index is 2.74. The SMILES string of the molecule is CCC(CC)CN(CC)c1ccnc(Cl)c1. The van der Waals surface area contributed by atoms with Crippen LogP contribution >= 0.6 is 11.6 Å². The fourth-order valence-electron chi connectivity index (χ4n) is 1.86. The number of hydrogen-bond acceptors (Lipinski definition) is 2. The molecule has 0 saturated carbocycles. The summed E-state index contributed by atoms with van der Waals surface area (Å²) in [5.41, 5.74) is 1.18. The number of nitrogens with zero attached hydrogens (tertiary/aromatic N) is 2. The minimum atomic E-state index is 0.570. The highest BCUT2D eigenvalue weighted by Crippen LogP contribution is 2.20. The predicted molar refractivity (Wildman–Crippen MR) is 71.2 cm³/mol. The van der Waals surface area contributed by atoms with E-state index in [2.05, 4.69) is 30.7 Å². The number of anilines is 1. The summed E-state index contributed by atoms with van der Waals surface area (Å²) in [6.45, 7) is 8.79. The lowest BCUT2D eigenvalue weighted by Gasteiger charge is -2.27. The van der Waals surface area contributed by atoms with Crippen molar-refractivity contribution in [1.29, 1.82) is 0 Å². The van der Waals surface area contributed by atoms with E-state index in [4.69, 9.17) is 11.6 Å². The molecule has 0 fully saturated rings. The smallest absolute Gasteiger partial charge is 0.131 e. The lowest BCUT2D eigenvalue weighted by molar-refractivity contribution is 0.486. The molecule has 0 atom stereocenters. The van der Waals surface area contributed by atoms with Crippen LogP contribution in [0, 0.1) is 5.92 Å². The van der Waals surface area contributed by atoms with E-state index in [9.17, 15) is 0 Å². The summed E-state index contributed by atoms with van der Waals surface area (Å²) in [5.74, 6) is 0.756. The fourth-order valence-corrected chi connectivity index (χ4v) is 2.03. The van der Waals surface area contributed by atoms with E-state index >= 15 is 0 Å². The third-order valence-corrected chi connectivity index (χ3v) is 3.30. The zero-order valence-electron chi connectivity index (χ0n) is 10.4. The first-order valence-electron chi connectivity index (χ1n) is 6.07. The van der Waals surface area contributed by atoms with Crippen molar-refractivity contribution in [2.24, 2.45) is 5.92 Å². The maximum atomic E-state index is 5.91. The van der Waals surface area contributed by atoms with E-state index < -0.39 is 0 Å². The van der Waals surface area contributed by atoms with Crippen LogP contribution in [0.4, 0.5) is 5.69 Å². The third-order valence-electron chi connectivity index (χ3n) is 3.09. The van der Waals surface area contributed by atoms with E-state index in [-0.39, 0.29) is 0 Å². The fraction of sp³-hybridized carbons (Fsp3) is 0.615. The van der Waals surface area contributed by atoms with Crippen LogP contribution in [0.15, 0.2) is 18.3 Å². The largest absolute Gasteiger partial charge is 0.371 e. The van der Waals surface area contributed by atoms with Crippen molar-refractivity contribution in [2.45, 2.75) is 33.6 Å². The standard InChI is InChI=1S/C13H21ClN2/c1-4-11(5-2)10-16(6-3)12-7-8-15-13(14)9-12/h7-9,11H,4-6,10H2,1-3H3. The van der Waals surface area contributed by atoms with Crippen LogP contribution in [0.3, 0.4) is 0 Å². The lowest BCUT2D eigenvalue weighted by Crippen LogP contribution is -2.28. The first-order chi connectivity index (χ1) is 7.71. The van der Waals surface area contributed by atoms with Gasteiger partial charge in [0.15, 0.2) is 0 Å². The molecule has 0 aromatic carbocycles. The second-order valence-electron chi connectivity index (χ2n) is 4.06. The van der Waals surface area contributed by atoms with Gasteiger partial charge in [0.25, 0.3) is 0 Å². The van der Waals surface area contributed by atoms with Gasteiger partial charge in [-0.1, -0.05) is 38.3 Å². The Kier molecular flexibility index (Phi) is 5.61. The van der Waals surface area contributed by atoms with Crippen LogP contribution in [0.5, 0.6) is 0 Å². The van der Waals surface area contributed by atoms with E-state index in [0.29, 0.717) is 5.15 Å². The number of aromatic nitrogens is 1. The monoisotopic (exact) mass is 240 g/mol. The van der Waals surface area contributed by atoms with Gasteiger partial charge < -0.3 is 4.90 Å². The van der Waals surface area contributed by atoms with Gasteiger partial charge in [0.1, 0.15) is 5.15 Å². The molecular weight excluding hydrogens is 220 g/mol. The van der Waals surface area contributed by atoms with Crippen molar-refractivity contribution in [3.63, 3.8) is 0 Å². The van der Waals surface area contributed by atoms with Crippen molar-refractivity contribution in [2.75, 3.05) is 18.0 Å². The molecule has 3 heteroatoms. The Morgan fingerprint density at radius 2 is 2.00 bits per heavy atom. The van der Waals surface area contributed by atoms with E-state index in [1.165, 1.54) is 18.5 Å². The molecule has 0 aliphatic rings. The summed E-state index contributed by atoms with van der Waals surface area (Å²) in [6.07, 6.45) is 4.23. The number of rotatable bonds is 6. The maximum absolute atomic E-state index is 5.91. The molecule has 0 unspecified atom stereocenters. The maximum Gasteiger partial charge on any atom is 0.131 e. The van der Waals surface area contributed by atoms with E-state index in [1.807, 2.05) is 12.1 Å². The molecule has 16 heavy (non-hydrogen) atoms. The molecule has 0 radical (unpaired) electrons. The Labute approximate surface area is 104 Å². The Bertz CT molecular complexity index is 311. The molecule has 1 aromatic heterocycles. The minimum Gasteiger partial charge on any atom is -0.371 e. The van der Waals surface area contributed by atoms with Gasteiger partial charge in [-0.3, -0.25) is 0 Å². The van der Waals surface area contributed by atoms with Crippen molar-refractivity contribution in [3.8, 4) is 0 Å². The van der Waals surface area contributed by atoms with Crippen molar-refractivity contribution in [1.82, 2.24) is 4.98 Å². The zero-order chi connectivity index (χ0) is 12.0. The summed E-state index contributed by atoms with van der Waals surface area (Å²) in [4.78, 5) is 6.38. The molecule has 0 bridgehead atoms. The molecule has 0 amide bonds. The second kappa shape index (κ2) is 6.74. The number of halogens is 1. The third kappa shape index (κ3) is 3.67. The van der Waals surface area contributed by atoms with Crippen LogP contribution in [-0.2, 0) is 0 Å². The van der Waals surface area contributed by atoms with Gasteiger partial charge in [0, 0.05) is 25.0 Å². The average Bonchev–Trinajstić information content (AvgIpc) is 2.31. The number of hydrogen-bond donors (Lipinski definition) is 0. The first kappa shape index (κ1) is 13.3. The van der Waals surface area contributed by atoms with Crippen molar-refractivity contribution in [3.05, 3.63) is 23.5 Å². The van der Waals surface area contributed by atoms with Crippen molar-refractivity contribution < 1.29 is 0 Å². The van der Waals surface area contributed by atoms with E-state index in [1.54, 1.807) is 6.20 Å². The van der Waals surface area contributed by atoms with Crippen LogP contribution in [0.1, 0.15) is 33.6 Å². The molecule has 0 saturated heterocycles. The second-order valence-corrected chi connectivity index (χ2v) is 4.45. The van der Waals surface area contributed by atoms with Gasteiger partial charge in [0.2, 0.25) is 0 Å². The van der Waals surface area contributed by atoms with Gasteiger partial charge in [-0.25, -0.2) is 4.98 Å². The first-order valence-corrected chi connectivity index (χ1v) is 6.45. The summed E-state index contributed by atoms with van der Waals surface area (Å²) in [5, 5.41) is 0.570. The Hall–Kier alpha value is -0.760. The highest BCUT2D eigenvalue weighted by molar-refractivity contribution is 6.29. The van der Waals surface area contributed by atoms with Gasteiger partial charge >= 0.3 is 0 Å². The van der Waals surface area contributed by atoms with Crippen LogP contribution in [0.2, 0.25) is 5.15 Å². The van der Waals surface area contributed by atoms with Gasteiger partial charge in [0.05, 0.1) is 0 Å². The molecule has 0 aliphatic carbocycles. The van der Waals surface area contributed by atoms with E-state index in [0.717, 1.165) is 19.0 Å². The lowest BCUT2D eigenvalue weighted by atomic mass is 10.0. The Morgan fingerprint density at radius 1 is 1.31 bits per heavy atom. The predicted octanol–water partition coefficient (Wildman–Crippen LogP) is 4.00. The molecule has 1 rings (SSSR count). The quantitative estimate of drug-likeness (QED) is 0.699.